The maximum absolute atomic E-state index is 12.8. The van der Waals surface area contributed by atoms with Gasteiger partial charge >= 0.3 is 13.8 Å². The van der Waals surface area contributed by atoms with Gasteiger partial charge in [0, 0.05) is 13.0 Å². The summed E-state index contributed by atoms with van der Waals surface area (Å²) in [6.45, 7) is 5.47. The van der Waals surface area contributed by atoms with Crippen molar-refractivity contribution in [2.75, 3.05) is 54.1 Å². The van der Waals surface area contributed by atoms with E-state index in [9.17, 15) is 14.3 Å². The SMILES string of the molecule is CC/C=C\C/C=C\C/C=C\C/C=C\C/C=C\C/C=C\CCCCCCC(=O)OC(COCCCCCCCCCCCCCCCC/C=C\C/C=C\CCCCCCC)COP(=O)(O)OCC[N+](C)(C)C. The average molecular weight is 1010 g/mol. The lowest BCUT2D eigenvalue weighted by Crippen LogP contribution is -2.37. The average Bonchev–Trinajstić information content (AvgIpc) is 3.33. The van der Waals surface area contributed by atoms with Gasteiger partial charge in [0.05, 0.1) is 34.4 Å². The van der Waals surface area contributed by atoms with Crippen molar-refractivity contribution in [3.63, 3.8) is 0 Å². The van der Waals surface area contributed by atoms with Crippen LogP contribution >= 0.6 is 7.82 Å². The van der Waals surface area contributed by atoms with Gasteiger partial charge in [0.2, 0.25) is 0 Å². The molecule has 71 heavy (non-hydrogen) atoms. The van der Waals surface area contributed by atoms with Crippen molar-refractivity contribution >= 4 is 13.8 Å². The van der Waals surface area contributed by atoms with Gasteiger partial charge in [-0.2, -0.15) is 0 Å². The van der Waals surface area contributed by atoms with Crippen LogP contribution in [0.4, 0.5) is 0 Å². The fraction of sp³-hybridized carbons (Fsp3) is 0.726. The van der Waals surface area contributed by atoms with Gasteiger partial charge in [-0.25, -0.2) is 4.57 Å². The Hall–Kier alpha value is -2.58. The van der Waals surface area contributed by atoms with E-state index < -0.39 is 13.9 Å². The summed E-state index contributed by atoms with van der Waals surface area (Å²) in [6.07, 6.45) is 74.7. The Morgan fingerprint density at radius 2 is 0.817 bits per heavy atom. The van der Waals surface area contributed by atoms with Gasteiger partial charge in [-0.3, -0.25) is 13.8 Å². The van der Waals surface area contributed by atoms with Crippen LogP contribution in [0, 0.1) is 0 Å². The van der Waals surface area contributed by atoms with Crippen LogP contribution in [0.3, 0.4) is 0 Å². The van der Waals surface area contributed by atoms with E-state index in [0.29, 0.717) is 24.1 Å². The largest absolute Gasteiger partial charge is 0.472 e. The van der Waals surface area contributed by atoms with Crippen molar-refractivity contribution in [2.24, 2.45) is 0 Å². The predicted octanol–water partition coefficient (Wildman–Crippen LogP) is 18.5. The zero-order chi connectivity index (χ0) is 51.9. The van der Waals surface area contributed by atoms with E-state index in [2.05, 4.69) is 111 Å². The first kappa shape index (κ1) is 68.4. The van der Waals surface area contributed by atoms with Gasteiger partial charge < -0.3 is 18.9 Å². The van der Waals surface area contributed by atoms with Gasteiger partial charge in [-0.1, -0.05) is 227 Å². The molecule has 0 aliphatic rings. The van der Waals surface area contributed by atoms with Crippen LogP contribution in [0.25, 0.3) is 0 Å². The summed E-state index contributed by atoms with van der Waals surface area (Å²) in [6, 6.07) is 0. The first-order chi connectivity index (χ1) is 34.6. The van der Waals surface area contributed by atoms with E-state index in [1.54, 1.807) is 0 Å². The number of carbonyl (C=O) groups excluding carboxylic acids is 1. The van der Waals surface area contributed by atoms with Gasteiger partial charge in [0.15, 0.2) is 0 Å². The lowest BCUT2D eigenvalue weighted by molar-refractivity contribution is -0.870. The highest BCUT2D eigenvalue weighted by Crippen LogP contribution is 2.43. The molecule has 0 heterocycles. The summed E-state index contributed by atoms with van der Waals surface area (Å²) in [7, 11) is 1.64. The molecule has 9 heteroatoms. The molecular formula is C62H111NO7P+. The van der Waals surface area contributed by atoms with Crippen LogP contribution in [0.1, 0.15) is 232 Å². The van der Waals surface area contributed by atoms with Crippen molar-refractivity contribution in [1.29, 1.82) is 0 Å². The number of esters is 1. The Labute approximate surface area is 438 Å². The monoisotopic (exact) mass is 1010 g/mol. The number of quaternary nitrogens is 1. The molecule has 0 aliphatic carbocycles. The lowest BCUT2D eigenvalue weighted by Gasteiger charge is -2.24. The van der Waals surface area contributed by atoms with Crippen LogP contribution in [0.2, 0.25) is 0 Å². The minimum absolute atomic E-state index is 0.0785. The molecule has 2 atom stereocenters. The highest BCUT2D eigenvalue weighted by molar-refractivity contribution is 7.47. The Morgan fingerprint density at radius 3 is 1.23 bits per heavy atom. The van der Waals surface area contributed by atoms with Gasteiger partial charge in [0.1, 0.15) is 19.3 Å². The highest BCUT2D eigenvalue weighted by atomic mass is 31.2. The number of unbranched alkanes of at least 4 members (excludes halogenated alkanes) is 23. The van der Waals surface area contributed by atoms with Gasteiger partial charge in [-0.15, -0.1) is 0 Å². The molecule has 0 amide bonds. The minimum atomic E-state index is -4.30. The summed E-state index contributed by atoms with van der Waals surface area (Å²) in [4.78, 5) is 23.1. The van der Waals surface area contributed by atoms with Gasteiger partial charge in [0.25, 0.3) is 0 Å². The van der Waals surface area contributed by atoms with E-state index in [-0.39, 0.29) is 25.8 Å². The van der Waals surface area contributed by atoms with E-state index in [0.717, 1.165) is 89.9 Å². The number of phosphoric acid groups is 1. The topological polar surface area (TPSA) is 91.3 Å². The van der Waals surface area contributed by atoms with Crippen LogP contribution in [-0.4, -0.2) is 75.6 Å². The molecule has 0 aromatic carbocycles. The summed E-state index contributed by atoms with van der Waals surface area (Å²) in [5.41, 5.74) is 0. The van der Waals surface area contributed by atoms with Crippen LogP contribution in [0.15, 0.2) is 97.2 Å². The second-order valence-corrected chi connectivity index (χ2v) is 21.7. The highest BCUT2D eigenvalue weighted by Gasteiger charge is 2.26. The Morgan fingerprint density at radius 1 is 0.451 bits per heavy atom. The van der Waals surface area contributed by atoms with Crippen molar-refractivity contribution in [1.82, 2.24) is 0 Å². The summed E-state index contributed by atoms with van der Waals surface area (Å²) in [5, 5.41) is 0. The quantitative estimate of drug-likeness (QED) is 0.0213. The molecule has 0 bridgehead atoms. The number of rotatable bonds is 53. The maximum atomic E-state index is 12.8. The first-order valence-electron chi connectivity index (χ1n) is 29.0. The Kier molecular flexibility index (Phi) is 51.8. The van der Waals surface area contributed by atoms with E-state index in [4.69, 9.17) is 18.5 Å². The summed E-state index contributed by atoms with van der Waals surface area (Å²) >= 11 is 0. The summed E-state index contributed by atoms with van der Waals surface area (Å²) in [5.74, 6) is -0.339. The summed E-state index contributed by atoms with van der Waals surface area (Å²) < 4.78 is 35.2. The molecule has 8 nitrogen and oxygen atoms in total. The molecule has 2 unspecified atom stereocenters. The third kappa shape index (κ3) is 58.2. The molecule has 1 N–H and O–H groups in total. The first-order valence-corrected chi connectivity index (χ1v) is 30.5. The van der Waals surface area contributed by atoms with E-state index in [1.807, 2.05) is 21.1 Å². The van der Waals surface area contributed by atoms with Crippen LogP contribution < -0.4 is 0 Å². The van der Waals surface area contributed by atoms with Crippen molar-refractivity contribution in [3.8, 4) is 0 Å². The standard InChI is InChI=1S/C62H110NO7P/c1-6-8-10-12-14-16-18-20-22-24-26-28-30-31-32-34-36-38-40-42-44-46-48-50-52-54-57-67-59-61(60-69-71(65,66)68-58-56-63(3,4)5)70-62(64)55-53-51-49-47-45-43-41-39-37-35-33-29-27-25-23-21-19-17-15-13-11-9-7-2/h9,11,15,17-18,20-21,23-24,26-27,29,35,37,41,43,61H,6-8,10,12-14,16,19,22,25,28,30-34,36,38-40,42,44-60H2,1-5H3/p+1/b11-9-,17-15-,20-18-,23-21-,26-24-,29-27-,37-35-,43-41-. The predicted molar refractivity (Wildman–Crippen MR) is 307 cm³/mol. The zero-order valence-electron chi connectivity index (χ0n) is 46.7. The molecular weight excluding hydrogens is 902 g/mol. The Bertz CT molecular complexity index is 1460. The molecule has 0 rings (SSSR count). The van der Waals surface area contributed by atoms with Crippen LogP contribution in [-0.2, 0) is 27.9 Å². The molecule has 0 aromatic heterocycles. The smallest absolute Gasteiger partial charge is 0.457 e. The van der Waals surface area contributed by atoms with E-state index >= 15 is 0 Å². The van der Waals surface area contributed by atoms with Crippen molar-refractivity contribution in [3.05, 3.63) is 97.2 Å². The zero-order valence-corrected chi connectivity index (χ0v) is 47.6. The van der Waals surface area contributed by atoms with Crippen molar-refractivity contribution < 1.29 is 37.3 Å². The number of hydrogen-bond acceptors (Lipinski definition) is 6. The second kappa shape index (κ2) is 53.7. The number of hydrogen-bond donors (Lipinski definition) is 1. The fourth-order valence-electron chi connectivity index (χ4n) is 7.71. The number of ether oxygens (including phenoxy) is 2. The number of carbonyl (C=O) groups is 1. The number of likely N-dealkylation sites (N-methyl/N-ethyl adjacent to an activating group) is 1. The van der Waals surface area contributed by atoms with Crippen LogP contribution in [0.5, 0.6) is 0 Å². The molecule has 0 aromatic rings. The molecule has 0 saturated heterocycles. The van der Waals surface area contributed by atoms with E-state index in [1.165, 1.54) is 122 Å². The number of nitrogens with zero attached hydrogens (tertiary/aromatic N) is 1. The molecule has 0 spiro atoms. The normalized spacial score (nSPS) is 14.2. The van der Waals surface area contributed by atoms with Gasteiger partial charge in [-0.05, 0) is 96.3 Å². The minimum Gasteiger partial charge on any atom is -0.457 e. The Balaban J connectivity index is 4.14. The third-order valence-corrected chi connectivity index (χ3v) is 13.1. The molecule has 410 valence electrons. The molecule has 0 radical (unpaired) electrons. The molecule has 0 aliphatic heterocycles. The third-order valence-electron chi connectivity index (χ3n) is 12.1. The maximum Gasteiger partial charge on any atom is 0.472 e. The molecule has 0 fully saturated rings. The number of phosphoric ester groups is 1. The lowest BCUT2D eigenvalue weighted by atomic mass is 10.0. The molecule has 0 saturated carbocycles. The fourth-order valence-corrected chi connectivity index (χ4v) is 8.45. The van der Waals surface area contributed by atoms with Crippen molar-refractivity contribution in [2.45, 2.75) is 238 Å². The number of allylic oxidation sites excluding steroid dienone is 16. The second-order valence-electron chi connectivity index (χ2n) is 20.3.